The zero-order chi connectivity index (χ0) is 21.8. The van der Waals surface area contributed by atoms with Gasteiger partial charge in [0.25, 0.3) is 0 Å². The highest BCUT2D eigenvalue weighted by Gasteiger charge is 2.13. The topological polar surface area (TPSA) is 85.1 Å². The highest BCUT2D eigenvalue weighted by molar-refractivity contribution is 5.90. The summed E-state index contributed by atoms with van der Waals surface area (Å²) in [5, 5.41) is 12.5. The Kier molecular flexibility index (Phi) is 5.95. The smallest absolute Gasteiger partial charge is 0.158 e. The van der Waals surface area contributed by atoms with Gasteiger partial charge in [0.1, 0.15) is 23.3 Å². The zero-order valence-corrected chi connectivity index (χ0v) is 17.8. The fourth-order valence-electron chi connectivity index (χ4n) is 3.47. The molecule has 0 radical (unpaired) electrons. The Labute approximate surface area is 181 Å². The molecule has 3 aromatic heterocycles. The molecule has 0 fully saturated rings. The van der Waals surface area contributed by atoms with Gasteiger partial charge in [0.15, 0.2) is 5.82 Å². The number of benzene rings is 1. The van der Waals surface area contributed by atoms with Crippen molar-refractivity contribution >= 4 is 28.6 Å². The van der Waals surface area contributed by atoms with Crippen molar-refractivity contribution < 1.29 is 9.84 Å². The van der Waals surface area contributed by atoms with Gasteiger partial charge >= 0.3 is 0 Å². The number of aliphatic hydroxyl groups excluding tert-OH is 1. The summed E-state index contributed by atoms with van der Waals surface area (Å²) in [6.07, 6.45) is 6.89. The van der Waals surface area contributed by atoms with Crippen LogP contribution in [0.2, 0.25) is 0 Å². The summed E-state index contributed by atoms with van der Waals surface area (Å²) in [6, 6.07) is 11.8. The number of pyridine rings is 1. The van der Waals surface area contributed by atoms with Gasteiger partial charge in [-0.05, 0) is 68.8 Å². The summed E-state index contributed by atoms with van der Waals surface area (Å²) in [7, 11) is 0. The van der Waals surface area contributed by atoms with E-state index >= 15 is 0 Å². The van der Waals surface area contributed by atoms with Crippen LogP contribution < -0.4 is 10.1 Å². The molecule has 1 aromatic carbocycles. The number of aromatic nitrogens is 4. The number of aliphatic hydroxyl groups is 1. The summed E-state index contributed by atoms with van der Waals surface area (Å²) in [6.45, 7) is 6.77. The van der Waals surface area contributed by atoms with Gasteiger partial charge in [-0.25, -0.2) is 9.97 Å². The molecular weight excluding hydrogens is 390 g/mol. The third kappa shape index (κ3) is 4.41. The number of rotatable bonds is 7. The Hall–Kier alpha value is -3.71. The lowest BCUT2D eigenvalue weighted by atomic mass is 10.2. The first-order valence-corrected chi connectivity index (χ1v) is 10.2. The van der Waals surface area contributed by atoms with Crippen LogP contribution in [0.4, 0.5) is 11.5 Å². The SMILES string of the molecule is CCn1c(C=CCO)cc2ncnc(Nc3ccc(Oc4ccc(C)nc4)c(C)c3)c21. The van der Waals surface area contributed by atoms with Crippen LogP contribution in [0.25, 0.3) is 17.1 Å². The number of hydrogen-bond acceptors (Lipinski definition) is 6. The summed E-state index contributed by atoms with van der Waals surface area (Å²) in [5.41, 5.74) is 5.59. The molecule has 31 heavy (non-hydrogen) atoms. The van der Waals surface area contributed by atoms with E-state index in [-0.39, 0.29) is 6.61 Å². The van der Waals surface area contributed by atoms with Crippen LogP contribution in [-0.4, -0.2) is 31.2 Å². The first-order valence-electron chi connectivity index (χ1n) is 10.2. The van der Waals surface area contributed by atoms with E-state index in [4.69, 9.17) is 9.84 Å². The van der Waals surface area contributed by atoms with E-state index in [2.05, 4.69) is 31.8 Å². The number of anilines is 2. The third-order valence-electron chi connectivity index (χ3n) is 4.98. The second-order valence-corrected chi connectivity index (χ2v) is 7.20. The minimum absolute atomic E-state index is 0.00558. The van der Waals surface area contributed by atoms with E-state index in [1.165, 1.54) is 0 Å². The lowest BCUT2D eigenvalue weighted by molar-refractivity contribution is 0.343. The van der Waals surface area contributed by atoms with Gasteiger partial charge in [-0.15, -0.1) is 0 Å². The number of aryl methyl sites for hydroxylation is 3. The Morgan fingerprint density at radius 1 is 1.10 bits per heavy atom. The van der Waals surface area contributed by atoms with Gasteiger partial charge in [0.2, 0.25) is 0 Å². The van der Waals surface area contributed by atoms with Crippen molar-refractivity contribution in [3.05, 3.63) is 71.9 Å². The zero-order valence-electron chi connectivity index (χ0n) is 17.8. The van der Waals surface area contributed by atoms with Crippen molar-refractivity contribution in [2.75, 3.05) is 11.9 Å². The molecule has 3 heterocycles. The van der Waals surface area contributed by atoms with Gasteiger partial charge in [-0.2, -0.15) is 0 Å². The molecule has 0 bridgehead atoms. The van der Waals surface area contributed by atoms with E-state index in [0.29, 0.717) is 5.75 Å². The van der Waals surface area contributed by atoms with Crippen LogP contribution >= 0.6 is 0 Å². The maximum atomic E-state index is 9.12. The predicted octanol–water partition coefficient (Wildman–Crippen LogP) is 5.00. The van der Waals surface area contributed by atoms with Crippen LogP contribution in [0, 0.1) is 13.8 Å². The Balaban J connectivity index is 1.63. The summed E-state index contributed by atoms with van der Waals surface area (Å²) in [5.74, 6) is 2.21. The van der Waals surface area contributed by atoms with Gasteiger partial charge in [0, 0.05) is 23.6 Å². The molecular formula is C24H25N5O2. The lowest BCUT2D eigenvalue weighted by Gasteiger charge is -2.13. The molecule has 0 atom stereocenters. The molecule has 4 rings (SSSR count). The molecule has 158 valence electrons. The standard InChI is InChI=1S/C24H25N5O2/c1-4-29-19(6-5-11-30)13-21-23(29)24(27-15-26-21)28-18-8-10-22(16(2)12-18)31-20-9-7-17(3)25-14-20/h5-10,12-15,30H,4,11H2,1-3H3,(H,26,27,28). The molecule has 0 unspecified atom stereocenters. The first-order chi connectivity index (χ1) is 15.1. The normalized spacial score (nSPS) is 11.4. The van der Waals surface area contributed by atoms with E-state index in [1.807, 2.05) is 56.3 Å². The highest BCUT2D eigenvalue weighted by Crippen LogP contribution is 2.30. The molecule has 7 heteroatoms. The number of hydrogen-bond donors (Lipinski definition) is 2. The van der Waals surface area contributed by atoms with Crippen LogP contribution in [0.1, 0.15) is 23.9 Å². The van der Waals surface area contributed by atoms with Crippen molar-refractivity contribution in [3.8, 4) is 11.5 Å². The molecule has 0 aliphatic carbocycles. The Morgan fingerprint density at radius 2 is 1.97 bits per heavy atom. The summed E-state index contributed by atoms with van der Waals surface area (Å²) in [4.78, 5) is 13.2. The van der Waals surface area contributed by atoms with Gasteiger partial charge < -0.3 is 19.7 Å². The fraction of sp³-hybridized carbons (Fsp3) is 0.208. The number of nitrogens with one attached hydrogen (secondary N) is 1. The van der Waals surface area contributed by atoms with Crippen molar-refractivity contribution in [3.63, 3.8) is 0 Å². The molecule has 0 spiro atoms. The molecule has 0 saturated carbocycles. The Morgan fingerprint density at radius 3 is 2.68 bits per heavy atom. The largest absolute Gasteiger partial charge is 0.455 e. The van der Waals surface area contributed by atoms with Crippen molar-refractivity contribution in [1.29, 1.82) is 0 Å². The number of fused-ring (bicyclic) bond motifs is 1. The second kappa shape index (κ2) is 8.97. The minimum Gasteiger partial charge on any atom is -0.455 e. The molecule has 2 N–H and O–H groups in total. The predicted molar refractivity (Wildman–Crippen MR) is 123 cm³/mol. The maximum absolute atomic E-state index is 9.12. The van der Waals surface area contributed by atoms with Crippen molar-refractivity contribution in [1.82, 2.24) is 19.5 Å². The fourth-order valence-corrected chi connectivity index (χ4v) is 3.47. The second-order valence-electron chi connectivity index (χ2n) is 7.20. The monoisotopic (exact) mass is 415 g/mol. The van der Waals surface area contributed by atoms with Crippen molar-refractivity contribution in [2.45, 2.75) is 27.3 Å². The molecule has 0 aliphatic rings. The molecule has 7 nitrogen and oxygen atoms in total. The van der Waals surface area contributed by atoms with Gasteiger partial charge in [-0.1, -0.05) is 6.08 Å². The average molecular weight is 415 g/mol. The van der Waals surface area contributed by atoms with E-state index in [1.54, 1.807) is 18.6 Å². The summed E-state index contributed by atoms with van der Waals surface area (Å²) >= 11 is 0. The van der Waals surface area contributed by atoms with E-state index in [9.17, 15) is 0 Å². The number of ether oxygens (including phenoxy) is 1. The molecule has 0 amide bonds. The van der Waals surface area contributed by atoms with Crippen LogP contribution in [0.15, 0.2) is 55.0 Å². The van der Waals surface area contributed by atoms with Gasteiger partial charge in [0.05, 0.1) is 18.3 Å². The van der Waals surface area contributed by atoms with Crippen molar-refractivity contribution in [2.24, 2.45) is 0 Å². The Bertz CT molecular complexity index is 1230. The lowest BCUT2D eigenvalue weighted by Crippen LogP contribution is -2.02. The van der Waals surface area contributed by atoms with Gasteiger partial charge in [-0.3, -0.25) is 4.98 Å². The van der Waals surface area contributed by atoms with Crippen LogP contribution in [0.5, 0.6) is 11.5 Å². The van der Waals surface area contributed by atoms with Crippen LogP contribution in [0.3, 0.4) is 0 Å². The summed E-state index contributed by atoms with van der Waals surface area (Å²) < 4.78 is 8.09. The maximum Gasteiger partial charge on any atom is 0.158 e. The van der Waals surface area contributed by atoms with E-state index < -0.39 is 0 Å². The number of nitrogens with zero attached hydrogens (tertiary/aromatic N) is 4. The molecule has 0 aliphatic heterocycles. The first kappa shape index (κ1) is 20.6. The third-order valence-corrected chi connectivity index (χ3v) is 4.98. The van der Waals surface area contributed by atoms with E-state index in [0.717, 1.165) is 51.8 Å². The van der Waals surface area contributed by atoms with Crippen LogP contribution in [-0.2, 0) is 6.54 Å². The molecule has 0 saturated heterocycles. The minimum atomic E-state index is -0.00558. The average Bonchev–Trinajstić information content (AvgIpc) is 3.14. The molecule has 4 aromatic rings. The quantitative estimate of drug-likeness (QED) is 0.442. The highest BCUT2D eigenvalue weighted by atomic mass is 16.5.